The number of aromatic hydroxyl groups is 1. The molecule has 0 bridgehead atoms. The van der Waals surface area contributed by atoms with Crippen LogP contribution in [-0.2, 0) is 32.8 Å². The third-order valence-corrected chi connectivity index (χ3v) is 8.15. The predicted molar refractivity (Wildman–Crippen MR) is 139 cm³/mol. The number of benzene rings is 3. The van der Waals surface area contributed by atoms with Gasteiger partial charge in [0.2, 0.25) is 17.7 Å². The van der Waals surface area contributed by atoms with Crippen LogP contribution in [0.5, 0.6) is 5.75 Å². The van der Waals surface area contributed by atoms with Crippen molar-refractivity contribution in [3.63, 3.8) is 0 Å². The van der Waals surface area contributed by atoms with Crippen LogP contribution in [-0.4, -0.2) is 40.3 Å². The minimum atomic E-state index is -1.40. The Balaban J connectivity index is 1.42. The van der Waals surface area contributed by atoms with Crippen LogP contribution in [0.3, 0.4) is 0 Å². The largest absolute Gasteiger partial charge is 0.508 e. The van der Waals surface area contributed by atoms with Crippen molar-refractivity contribution in [1.82, 2.24) is 10.2 Å². The van der Waals surface area contributed by atoms with Crippen molar-refractivity contribution in [3.8, 4) is 5.75 Å². The Labute approximate surface area is 219 Å². The van der Waals surface area contributed by atoms with Crippen molar-refractivity contribution >= 4 is 35.0 Å². The van der Waals surface area contributed by atoms with Gasteiger partial charge in [-0.05, 0) is 60.7 Å². The second kappa shape index (κ2) is 8.71. The zero-order chi connectivity index (χ0) is 25.9. The summed E-state index contributed by atoms with van der Waals surface area (Å²) in [6, 6.07) is 19.5. The highest BCUT2D eigenvalue weighted by atomic mass is 35.5. The van der Waals surface area contributed by atoms with Crippen molar-refractivity contribution < 1.29 is 19.5 Å². The van der Waals surface area contributed by atoms with E-state index in [1.54, 1.807) is 36.4 Å². The Kier molecular flexibility index (Phi) is 5.58. The second-order valence-corrected chi connectivity index (χ2v) is 10.5. The molecule has 0 radical (unpaired) electrons. The molecule has 4 atom stereocenters. The van der Waals surface area contributed by atoms with Gasteiger partial charge in [-0.1, -0.05) is 54.1 Å². The third-order valence-electron chi connectivity index (χ3n) is 7.94. The predicted octanol–water partition coefficient (Wildman–Crippen LogP) is 3.56. The summed E-state index contributed by atoms with van der Waals surface area (Å²) in [7, 11) is 0. The molecule has 0 aliphatic carbocycles. The lowest BCUT2D eigenvalue weighted by Gasteiger charge is -2.30. The molecule has 3 heterocycles. The lowest BCUT2D eigenvalue weighted by atomic mass is 9.76. The average molecular weight is 516 g/mol. The van der Waals surface area contributed by atoms with E-state index in [1.807, 2.05) is 37.3 Å². The number of likely N-dealkylation sites (tertiary alicyclic amines) is 1. The number of carbonyl (C=O) groups is 3. The first kappa shape index (κ1) is 23.7. The topological polar surface area (TPSA) is 98.7 Å². The average Bonchev–Trinajstić information content (AvgIpc) is 3.45. The number of rotatable bonds is 5. The van der Waals surface area contributed by atoms with E-state index in [0.717, 1.165) is 16.7 Å². The summed E-state index contributed by atoms with van der Waals surface area (Å²) >= 11 is 6.42. The summed E-state index contributed by atoms with van der Waals surface area (Å²) in [6.07, 6.45) is 0.950. The van der Waals surface area contributed by atoms with E-state index in [9.17, 15) is 19.5 Å². The van der Waals surface area contributed by atoms with Crippen LogP contribution in [0.1, 0.15) is 22.3 Å². The number of imide groups is 1. The molecule has 8 heteroatoms. The van der Waals surface area contributed by atoms with Crippen LogP contribution in [0.2, 0.25) is 5.02 Å². The summed E-state index contributed by atoms with van der Waals surface area (Å²) < 4.78 is 0. The summed E-state index contributed by atoms with van der Waals surface area (Å²) in [5.74, 6) is -2.41. The van der Waals surface area contributed by atoms with Gasteiger partial charge in [-0.2, -0.15) is 0 Å². The molecule has 0 aromatic heterocycles. The number of anilines is 1. The number of halogens is 1. The number of nitrogens with zero attached hydrogens (tertiary/aromatic N) is 1. The van der Waals surface area contributed by atoms with Gasteiger partial charge in [0, 0.05) is 28.9 Å². The smallest absolute Gasteiger partial charge is 0.250 e. The zero-order valence-electron chi connectivity index (χ0n) is 20.2. The van der Waals surface area contributed by atoms with E-state index in [4.69, 9.17) is 11.6 Å². The molecule has 3 aromatic carbocycles. The lowest BCUT2D eigenvalue weighted by Crippen LogP contribution is -2.53. The van der Waals surface area contributed by atoms with Gasteiger partial charge in [0.25, 0.3) is 0 Å². The molecule has 1 spiro atoms. The number of fused-ring (bicyclic) bond motifs is 4. The Morgan fingerprint density at radius 2 is 1.70 bits per heavy atom. The Morgan fingerprint density at radius 3 is 2.43 bits per heavy atom. The molecule has 3 aliphatic heterocycles. The number of carbonyl (C=O) groups excluding carboxylic acids is 3. The summed E-state index contributed by atoms with van der Waals surface area (Å²) in [5.41, 5.74) is 2.55. The van der Waals surface area contributed by atoms with Crippen molar-refractivity contribution in [2.24, 2.45) is 11.8 Å². The highest BCUT2D eigenvalue weighted by Gasteiger charge is 2.70. The van der Waals surface area contributed by atoms with Gasteiger partial charge in [0.1, 0.15) is 11.3 Å². The Hall–Kier alpha value is -3.68. The van der Waals surface area contributed by atoms with E-state index in [-0.39, 0.29) is 30.0 Å². The quantitative estimate of drug-likeness (QED) is 0.451. The Bertz CT molecular complexity index is 1430. The number of aryl methyl sites for hydroxylation is 1. The van der Waals surface area contributed by atoms with Crippen molar-refractivity contribution in [1.29, 1.82) is 0 Å². The first-order valence-corrected chi connectivity index (χ1v) is 12.7. The second-order valence-electron chi connectivity index (χ2n) is 10.1. The number of nitrogens with one attached hydrogen (secondary N) is 2. The molecule has 6 rings (SSSR count). The monoisotopic (exact) mass is 515 g/mol. The first-order chi connectivity index (χ1) is 17.8. The van der Waals surface area contributed by atoms with E-state index in [1.165, 1.54) is 4.90 Å². The van der Waals surface area contributed by atoms with E-state index < -0.39 is 23.4 Å². The van der Waals surface area contributed by atoms with Crippen LogP contribution in [0.25, 0.3) is 0 Å². The molecule has 2 fully saturated rings. The highest BCUT2D eigenvalue weighted by Crippen LogP contribution is 2.54. The van der Waals surface area contributed by atoms with E-state index in [2.05, 4.69) is 10.6 Å². The number of hydrogen-bond donors (Lipinski definition) is 3. The van der Waals surface area contributed by atoms with Gasteiger partial charge in [0.05, 0.1) is 11.8 Å². The normalized spacial score (nSPS) is 26.1. The standard InChI is InChI=1S/C29H26ClN3O4/c1-16-13-19(30)15-21-25(16)31-28(37)29(21)24-23(22(32-29)14-18-7-9-20(34)10-8-18)26(35)33(27(24)36)12-11-17-5-3-2-4-6-17/h2-10,13,15,22-24,32,34H,11-12,14H2,1H3,(H,31,37). The van der Waals surface area contributed by atoms with Gasteiger partial charge < -0.3 is 10.4 Å². The van der Waals surface area contributed by atoms with Gasteiger partial charge in [-0.15, -0.1) is 0 Å². The maximum Gasteiger partial charge on any atom is 0.250 e. The molecule has 188 valence electrons. The molecular weight excluding hydrogens is 490 g/mol. The molecular formula is C29H26ClN3O4. The fourth-order valence-electron chi connectivity index (χ4n) is 6.26. The van der Waals surface area contributed by atoms with E-state index >= 15 is 0 Å². The highest BCUT2D eigenvalue weighted by molar-refractivity contribution is 6.31. The van der Waals surface area contributed by atoms with Crippen molar-refractivity contribution in [2.45, 2.75) is 31.3 Å². The van der Waals surface area contributed by atoms with Gasteiger partial charge >= 0.3 is 0 Å². The maximum absolute atomic E-state index is 14.0. The molecule has 3 aromatic rings. The molecule has 7 nitrogen and oxygen atoms in total. The van der Waals surface area contributed by atoms with Crippen molar-refractivity contribution in [3.05, 3.63) is 94.0 Å². The fourth-order valence-corrected chi connectivity index (χ4v) is 6.53. The number of phenolic OH excluding ortho intramolecular Hbond substituents is 1. The van der Waals surface area contributed by atoms with Crippen LogP contribution in [0, 0.1) is 18.8 Å². The number of phenols is 1. The van der Waals surface area contributed by atoms with Crippen LogP contribution in [0.15, 0.2) is 66.7 Å². The van der Waals surface area contributed by atoms with Crippen LogP contribution >= 0.6 is 11.6 Å². The summed E-state index contributed by atoms with van der Waals surface area (Å²) in [4.78, 5) is 42.8. The minimum absolute atomic E-state index is 0.144. The van der Waals surface area contributed by atoms with Gasteiger partial charge in [-0.3, -0.25) is 24.6 Å². The first-order valence-electron chi connectivity index (χ1n) is 12.4. The molecule has 2 saturated heterocycles. The molecule has 37 heavy (non-hydrogen) atoms. The minimum Gasteiger partial charge on any atom is -0.508 e. The Morgan fingerprint density at radius 1 is 0.973 bits per heavy atom. The van der Waals surface area contributed by atoms with Crippen LogP contribution < -0.4 is 10.6 Å². The van der Waals surface area contributed by atoms with E-state index in [0.29, 0.717) is 29.1 Å². The maximum atomic E-state index is 14.0. The van der Waals surface area contributed by atoms with Gasteiger partial charge in [-0.25, -0.2) is 0 Å². The molecule has 3 N–H and O–H groups in total. The van der Waals surface area contributed by atoms with Crippen LogP contribution in [0.4, 0.5) is 5.69 Å². The summed E-state index contributed by atoms with van der Waals surface area (Å²) in [5, 5.41) is 16.6. The molecule has 0 saturated carbocycles. The molecule has 4 unspecified atom stereocenters. The zero-order valence-corrected chi connectivity index (χ0v) is 21.0. The van der Waals surface area contributed by atoms with Crippen molar-refractivity contribution in [2.75, 3.05) is 11.9 Å². The summed E-state index contributed by atoms with van der Waals surface area (Å²) in [6.45, 7) is 2.11. The SMILES string of the molecule is Cc1cc(Cl)cc2c1NC(=O)C21NC(Cc2ccc(O)cc2)C2C(=O)N(CCc3ccccc3)C(=O)C21. The lowest BCUT2D eigenvalue weighted by molar-refractivity contribution is -0.142. The van der Waals surface area contributed by atoms with Gasteiger partial charge in [0.15, 0.2) is 0 Å². The number of hydrogen-bond acceptors (Lipinski definition) is 5. The fraction of sp³-hybridized carbons (Fsp3) is 0.276. The molecule has 3 amide bonds. The number of amides is 3. The third kappa shape index (κ3) is 3.64. The molecule has 3 aliphatic rings.